The lowest BCUT2D eigenvalue weighted by Crippen LogP contribution is -2.28. The second kappa shape index (κ2) is 32.8. The standard InChI is InChI=1S/C37H67NO5/c1-3-5-7-9-11-12-13-14-15-16-17-18-19-20-22-28-32-37(42)43-34(29-25-21-10-8-6-4-2)30-26-23-24-27-31-35(39)38-33-36(40)41/h15-16,25,29,34H,3-14,17-24,26-28,30-33H2,1-2H3,(H,38,39)(H,40,41)/b16-15-,29-25-. The molecular weight excluding hydrogens is 538 g/mol. The Labute approximate surface area is 264 Å². The summed E-state index contributed by atoms with van der Waals surface area (Å²) in [4.78, 5) is 34.7. The topological polar surface area (TPSA) is 92.7 Å². The van der Waals surface area contributed by atoms with Crippen LogP contribution in [0.3, 0.4) is 0 Å². The molecule has 250 valence electrons. The minimum absolute atomic E-state index is 0.0935. The molecule has 0 aliphatic carbocycles. The van der Waals surface area contributed by atoms with Gasteiger partial charge in [0, 0.05) is 12.8 Å². The van der Waals surface area contributed by atoms with Crippen LogP contribution in [-0.2, 0) is 19.1 Å². The van der Waals surface area contributed by atoms with Gasteiger partial charge in [0.1, 0.15) is 12.6 Å². The fourth-order valence-corrected chi connectivity index (χ4v) is 5.12. The van der Waals surface area contributed by atoms with E-state index in [1.807, 2.05) is 0 Å². The minimum Gasteiger partial charge on any atom is -0.480 e. The Morgan fingerprint density at radius 1 is 0.605 bits per heavy atom. The Kier molecular flexibility index (Phi) is 31.2. The van der Waals surface area contributed by atoms with Crippen molar-refractivity contribution < 1.29 is 24.2 Å². The Hall–Kier alpha value is -2.11. The van der Waals surface area contributed by atoms with Crippen LogP contribution in [-0.4, -0.2) is 35.6 Å². The van der Waals surface area contributed by atoms with Crippen LogP contribution in [0.4, 0.5) is 0 Å². The summed E-state index contributed by atoms with van der Waals surface area (Å²) in [6.45, 7) is 4.15. The maximum Gasteiger partial charge on any atom is 0.322 e. The van der Waals surface area contributed by atoms with E-state index in [9.17, 15) is 14.4 Å². The number of carbonyl (C=O) groups is 3. The molecule has 43 heavy (non-hydrogen) atoms. The molecule has 0 aromatic heterocycles. The molecule has 0 radical (unpaired) electrons. The van der Waals surface area contributed by atoms with Crippen molar-refractivity contribution >= 4 is 17.8 Å². The Morgan fingerprint density at radius 3 is 1.65 bits per heavy atom. The van der Waals surface area contributed by atoms with Crippen molar-refractivity contribution in [3.8, 4) is 0 Å². The number of rotatable bonds is 32. The predicted octanol–water partition coefficient (Wildman–Crippen LogP) is 10.4. The van der Waals surface area contributed by atoms with Gasteiger partial charge in [0.15, 0.2) is 0 Å². The molecule has 0 saturated heterocycles. The minimum atomic E-state index is -1.03. The van der Waals surface area contributed by atoms with E-state index in [-0.39, 0.29) is 24.5 Å². The summed E-state index contributed by atoms with van der Waals surface area (Å²) in [5, 5.41) is 11.0. The van der Waals surface area contributed by atoms with Gasteiger partial charge in [-0.3, -0.25) is 14.4 Å². The van der Waals surface area contributed by atoms with E-state index in [1.54, 1.807) is 0 Å². The molecule has 0 bridgehead atoms. The summed E-state index contributed by atoms with van der Waals surface area (Å²) >= 11 is 0. The predicted molar refractivity (Wildman–Crippen MR) is 180 cm³/mol. The largest absolute Gasteiger partial charge is 0.480 e. The van der Waals surface area contributed by atoms with E-state index in [1.165, 1.54) is 103 Å². The van der Waals surface area contributed by atoms with E-state index in [0.29, 0.717) is 12.8 Å². The number of allylic oxidation sites excluding steroid dienone is 3. The molecule has 0 rings (SSSR count). The van der Waals surface area contributed by atoms with Gasteiger partial charge in [-0.05, 0) is 70.3 Å². The first-order valence-electron chi connectivity index (χ1n) is 18.0. The summed E-state index contributed by atoms with van der Waals surface area (Å²) in [6, 6.07) is 0. The van der Waals surface area contributed by atoms with Gasteiger partial charge in [-0.2, -0.15) is 0 Å². The number of amides is 1. The van der Waals surface area contributed by atoms with Crippen molar-refractivity contribution in [2.24, 2.45) is 0 Å². The highest BCUT2D eigenvalue weighted by Crippen LogP contribution is 2.15. The smallest absolute Gasteiger partial charge is 0.322 e. The number of carbonyl (C=O) groups excluding carboxylic acids is 2. The number of hydrogen-bond donors (Lipinski definition) is 2. The molecule has 1 amide bonds. The lowest BCUT2D eigenvalue weighted by Gasteiger charge is -2.15. The number of esters is 1. The fraction of sp³-hybridized carbons (Fsp3) is 0.811. The third-order valence-corrected chi connectivity index (χ3v) is 7.83. The molecule has 1 unspecified atom stereocenters. The maximum absolute atomic E-state index is 12.5. The second-order valence-corrected chi connectivity index (χ2v) is 12.1. The molecule has 0 aliphatic rings. The molecule has 0 heterocycles. The summed E-state index contributed by atoms with van der Waals surface area (Å²) in [7, 11) is 0. The zero-order valence-electron chi connectivity index (χ0n) is 28.1. The quantitative estimate of drug-likeness (QED) is 0.0452. The summed E-state index contributed by atoms with van der Waals surface area (Å²) in [5.41, 5.74) is 0. The first kappa shape index (κ1) is 40.9. The van der Waals surface area contributed by atoms with E-state index >= 15 is 0 Å². The van der Waals surface area contributed by atoms with Crippen LogP contribution in [0.2, 0.25) is 0 Å². The first-order chi connectivity index (χ1) is 21.0. The Morgan fingerprint density at radius 2 is 1.07 bits per heavy atom. The zero-order chi connectivity index (χ0) is 31.6. The SMILES string of the molecule is CCCCCC/C=C\C(CCCCCCC(=O)NCC(=O)O)OC(=O)CCCCCCC/C=C\CCCCCCCCC. The highest BCUT2D eigenvalue weighted by atomic mass is 16.5. The van der Waals surface area contributed by atoms with Gasteiger partial charge >= 0.3 is 11.9 Å². The number of hydrogen-bond acceptors (Lipinski definition) is 4. The molecule has 0 spiro atoms. The monoisotopic (exact) mass is 606 g/mol. The van der Waals surface area contributed by atoms with Crippen LogP contribution >= 0.6 is 0 Å². The average Bonchev–Trinajstić information content (AvgIpc) is 2.99. The first-order valence-corrected chi connectivity index (χ1v) is 18.0. The summed E-state index contributed by atoms with van der Waals surface area (Å²) in [5.74, 6) is -1.34. The molecule has 0 aromatic carbocycles. The van der Waals surface area contributed by atoms with Gasteiger partial charge < -0.3 is 15.2 Å². The lowest BCUT2D eigenvalue weighted by molar-refractivity contribution is -0.147. The van der Waals surface area contributed by atoms with Crippen molar-refractivity contribution in [3.63, 3.8) is 0 Å². The number of ether oxygens (including phenoxy) is 1. The lowest BCUT2D eigenvalue weighted by atomic mass is 10.1. The average molecular weight is 606 g/mol. The molecule has 0 aliphatic heterocycles. The van der Waals surface area contributed by atoms with Gasteiger partial charge in [-0.15, -0.1) is 0 Å². The number of carboxylic acid groups (broad SMARTS) is 1. The van der Waals surface area contributed by atoms with E-state index in [4.69, 9.17) is 9.84 Å². The molecule has 6 heteroatoms. The van der Waals surface area contributed by atoms with Gasteiger partial charge in [-0.25, -0.2) is 0 Å². The number of carboxylic acids is 1. The van der Waals surface area contributed by atoms with Crippen LogP contribution in [0.25, 0.3) is 0 Å². The van der Waals surface area contributed by atoms with Gasteiger partial charge in [0.05, 0.1) is 0 Å². The van der Waals surface area contributed by atoms with Crippen LogP contribution in [0.5, 0.6) is 0 Å². The van der Waals surface area contributed by atoms with E-state index < -0.39 is 5.97 Å². The van der Waals surface area contributed by atoms with Crippen LogP contribution < -0.4 is 5.32 Å². The highest BCUT2D eigenvalue weighted by Gasteiger charge is 2.12. The van der Waals surface area contributed by atoms with Crippen molar-refractivity contribution in [1.29, 1.82) is 0 Å². The van der Waals surface area contributed by atoms with Gasteiger partial charge in [-0.1, -0.05) is 122 Å². The molecule has 2 N–H and O–H groups in total. The third-order valence-electron chi connectivity index (χ3n) is 7.83. The van der Waals surface area contributed by atoms with Crippen molar-refractivity contribution in [2.45, 2.75) is 187 Å². The van der Waals surface area contributed by atoms with E-state index in [0.717, 1.165) is 51.4 Å². The molecular formula is C37H67NO5. The molecule has 6 nitrogen and oxygen atoms in total. The summed E-state index contributed by atoms with van der Waals surface area (Å²) in [6.07, 6.45) is 37.4. The van der Waals surface area contributed by atoms with Crippen LogP contribution in [0.15, 0.2) is 24.3 Å². The fourth-order valence-electron chi connectivity index (χ4n) is 5.12. The number of aliphatic carboxylic acids is 1. The maximum atomic E-state index is 12.5. The summed E-state index contributed by atoms with van der Waals surface area (Å²) < 4.78 is 5.85. The molecule has 0 saturated carbocycles. The molecule has 1 atom stereocenters. The van der Waals surface area contributed by atoms with Crippen molar-refractivity contribution in [1.82, 2.24) is 5.32 Å². The third kappa shape index (κ3) is 32.6. The zero-order valence-corrected chi connectivity index (χ0v) is 28.1. The van der Waals surface area contributed by atoms with Crippen LogP contribution in [0.1, 0.15) is 181 Å². The van der Waals surface area contributed by atoms with E-state index in [2.05, 4.69) is 43.5 Å². The molecule has 0 aromatic rings. The van der Waals surface area contributed by atoms with Crippen molar-refractivity contribution in [3.05, 3.63) is 24.3 Å². The Bertz CT molecular complexity index is 718. The normalized spacial score (nSPS) is 12.2. The van der Waals surface area contributed by atoms with Gasteiger partial charge in [0.2, 0.25) is 5.91 Å². The Balaban J connectivity index is 4.04. The van der Waals surface area contributed by atoms with Gasteiger partial charge in [0.25, 0.3) is 0 Å². The van der Waals surface area contributed by atoms with Crippen LogP contribution in [0, 0.1) is 0 Å². The number of nitrogens with one attached hydrogen (secondary N) is 1. The van der Waals surface area contributed by atoms with Crippen molar-refractivity contribution in [2.75, 3.05) is 6.54 Å². The number of unbranched alkanes of at least 4 members (excludes halogenated alkanes) is 19. The highest BCUT2D eigenvalue weighted by molar-refractivity contribution is 5.80. The molecule has 0 fully saturated rings. The second-order valence-electron chi connectivity index (χ2n) is 12.1.